The van der Waals surface area contributed by atoms with E-state index in [1.807, 2.05) is 0 Å². The van der Waals surface area contributed by atoms with Crippen molar-refractivity contribution in [2.24, 2.45) is 0 Å². The highest BCUT2D eigenvalue weighted by atomic mass is 16.6. The second-order valence-corrected chi connectivity index (χ2v) is 3.31. The van der Waals surface area contributed by atoms with E-state index in [4.69, 9.17) is 0 Å². The van der Waals surface area contributed by atoms with Crippen molar-refractivity contribution in [2.45, 2.75) is 20.3 Å². The van der Waals surface area contributed by atoms with Crippen molar-refractivity contribution in [3.05, 3.63) is 33.5 Å². The van der Waals surface area contributed by atoms with Gasteiger partial charge in [0.1, 0.15) is 11.8 Å². The van der Waals surface area contributed by atoms with Gasteiger partial charge < -0.3 is 10.1 Å². The van der Waals surface area contributed by atoms with Gasteiger partial charge in [-0.3, -0.25) is 14.9 Å². The predicted molar refractivity (Wildman–Crippen MR) is 58.4 cm³/mol. The Morgan fingerprint density at radius 3 is 2.71 bits per heavy atom. The van der Waals surface area contributed by atoms with Crippen molar-refractivity contribution < 1.29 is 14.5 Å². The van der Waals surface area contributed by atoms with Gasteiger partial charge in [0.05, 0.1) is 0 Å². The van der Waals surface area contributed by atoms with E-state index in [0.717, 1.165) is 0 Å². The van der Waals surface area contributed by atoms with Crippen LogP contribution in [0.15, 0.2) is 12.3 Å². The third kappa shape index (κ3) is 2.83. The number of nitrogens with zero attached hydrogens (tertiary/aromatic N) is 2. The van der Waals surface area contributed by atoms with Crippen LogP contribution in [0.2, 0.25) is 0 Å². The first-order valence-electron chi connectivity index (χ1n) is 4.91. The Morgan fingerprint density at radius 1 is 1.53 bits per heavy atom. The molecular formula is C10H11N3O4. The highest BCUT2D eigenvalue weighted by Crippen LogP contribution is 2.18. The minimum Gasteiger partial charge on any atom is -0.358 e. The Kier molecular flexibility index (Phi) is 3.86. The number of aryl methyl sites for hydroxylation is 1. The Morgan fingerprint density at radius 2 is 2.18 bits per heavy atom. The van der Waals surface area contributed by atoms with E-state index in [2.05, 4.69) is 10.3 Å². The lowest BCUT2D eigenvalue weighted by Crippen LogP contribution is -2.31. The highest BCUT2D eigenvalue weighted by molar-refractivity contribution is 6.07. The summed E-state index contributed by atoms with van der Waals surface area (Å²) in [6.07, 6.45) is 1.37. The molecule has 2 amide bonds. The maximum Gasteiger partial charge on any atom is 0.376 e. The van der Waals surface area contributed by atoms with Gasteiger partial charge in [0.25, 0.3) is 5.91 Å². The highest BCUT2D eigenvalue weighted by Gasteiger charge is 2.24. The predicted octanol–water partition coefficient (Wildman–Crippen LogP) is 0.965. The topological polar surface area (TPSA) is 102 Å². The molecule has 1 heterocycles. The van der Waals surface area contributed by atoms with E-state index in [9.17, 15) is 19.7 Å². The average Bonchev–Trinajstić information content (AvgIpc) is 2.28. The van der Waals surface area contributed by atoms with Crippen molar-refractivity contribution in [1.82, 2.24) is 10.3 Å². The van der Waals surface area contributed by atoms with Crippen LogP contribution in [0.3, 0.4) is 0 Å². The van der Waals surface area contributed by atoms with Gasteiger partial charge in [0.15, 0.2) is 0 Å². The Balaban J connectivity index is 3.16. The molecule has 0 unspecified atom stereocenters. The first-order chi connectivity index (χ1) is 7.97. The van der Waals surface area contributed by atoms with Gasteiger partial charge in [-0.2, -0.15) is 0 Å². The van der Waals surface area contributed by atoms with Crippen molar-refractivity contribution in [1.29, 1.82) is 0 Å². The fraction of sp³-hybridized carbons (Fsp3) is 0.300. The van der Waals surface area contributed by atoms with Gasteiger partial charge in [0.2, 0.25) is 5.91 Å². The lowest BCUT2D eigenvalue weighted by atomic mass is 10.1. The summed E-state index contributed by atoms with van der Waals surface area (Å²) < 4.78 is 0. The molecule has 17 heavy (non-hydrogen) atoms. The van der Waals surface area contributed by atoms with Gasteiger partial charge in [-0.1, -0.05) is 6.92 Å². The van der Waals surface area contributed by atoms with Crippen molar-refractivity contribution >= 4 is 17.6 Å². The first kappa shape index (κ1) is 12.8. The molecule has 90 valence electrons. The number of imide groups is 1. The third-order valence-electron chi connectivity index (χ3n) is 2.11. The fourth-order valence-corrected chi connectivity index (χ4v) is 1.24. The van der Waals surface area contributed by atoms with Crippen molar-refractivity contribution in [3.8, 4) is 0 Å². The Hall–Kier alpha value is -2.31. The fourth-order valence-electron chi connectivity index (χ4n) is 1.24. The van der Waals surface area contributed by atoms with Crippen LogP contribution in [-0.2, 0) is 4.79 Å². The molecule has 0 aromatic carbocycles. The average molecular weight is 237 g/mol. The molecule has 0 bridgehead atoms. The maximum absolute atomic E-state index is 11.7. The molecule has 0 aliphatic rings. The number of nitrogens with one attached hydrogen (secondary N) is 1. The molecule has 0 atom stereocenters. The second-order valence-electron chi connectivity index (χ2n) is 3.31. The van der Waals surface area contributed by atoms with Crippen molar-refractivity contribution in [3.63, 3.8) is 0 Å². The Labute approximate surface area is 97.0 Å². The van der Waals surface area contributed by atoms with Crippen LogP contribution in [0.5, 0.6) is 0 Å². The molecule has 0 saturated carbocycles. The summed E-state index contributed by atoms with van der Waals surface area (Å²) >= 11 is 0. The molecule has 0 saturated heterocycles. The van der Waals surface area contributed by atoms with Crippen LogP contribution in [0, 0.1) is 17.0 Å². The van der Waals surface area contributed by atoms with Crippen LogP contribution < -0.4 is 5.32 Å². The normalized spacial score (nSPS) is 9.76. The van der Waals surface area contributed by atoms with Crippen LogP contribution in [0.25, 0.3) is 0 Å². The summed E-state index contributed by atoms with van der Waals surface area (Å²) in [4.78, 5) is 36.2. The standard InChI is InChI=1S/C10H11N3O4/c1-3-7(14)12-10(15)8-6(2)4-5-11-9(8)13(16)17/h4-5H,3H2,1-2H3,(H,12,14,15). The summed E-state index contributed by atoms with van der Waals surface area (Å²) in [7, 11) is 0. The van der Waals surface area contributed by atoms with E-state index in [-0.39, 0.29) is 12.0 Å². The molecular weight excluding hydrogens is 226 g/mol. The molecule has 1 N–H and O–H groups in total. The molecule has 0 aliphatic carbocycles. The largest absolute Gasteiger partial charge is 0.376 e. The second kappa shape index (κ2) is 5.15. The van der Waals surface area contributed by atoms with Crippen LogP contribution in [0.4, 0.5) is 5.82 Å². The number of carbonyl (C=O) groups is 2. The van der Waals surface area contributed by atoms with E-state index in [1.54, 1.807) is 13.8 Å². The van der Waals surface area contributed by atoms with Crippen LogP contribution in [-0.4, -0.2) is 21.7 Å². The minimum atomic E-state index is -0.797. The molecule has 1 rings (SSSR count). The first-order valence-corrected chi connectivity index (χ1v) is 4.91. The molecule has 1 aromatic rings. The lowest BCUT2D eigenvalue weighted by molar-refractivity contribution is -0.389. The van der Waals surface area contributed by atoms with Gasteiger partial charge in [-0.15, -0.1) is 0 Å². The summed E-state index contributed by atoms with van der Waals surface area (Å²) in [5.41, 5.74) is 0.215. The molecule has 1 aromatic heterocycles. The quantitative estimate of drug-likeness (QED) is 0.623. The monoisotopic (exact) mass is 237 g/mol. The van der Waals surface area contributed by atoms with Crippen molar-refractivity contribution in [2.75, 3.05) is 0 Å². The number of pyridine rings is 1. The van der Waals surface area contributed by atoms with E-state index in [1.165, 1.54) is 12.3 Å². The zero-order valence-electron chi connectivity index (χ0n) is 9.39. The lowest BCUT2D eigenvalue weighted by Gasteiger charge is -2.05. The van der Waals surface area contributed by atoms with Crippen LogP contribution >= 0.6 is 0 Å². The minimum absolute atomic E-state index is 0.124. The number of hydrogen-bond donors (Lipinski definition) is 1. The summed E-state index contributed by atoms with van der Waals surface area (Å²) in [6, 6.07) is 1.47. The molecule has 0 spiro atoms. The molecule has 0 radical (unpaired) electrons. The number of nitro groups is 1. The number of aromatic nitrogens is 1. The van der Waals surface area contributed by atoms with E-state index >= 15 is 0 Å². The van der Waals surface area contributed by atoms with Gasteiger partial charge in [-0.05, 0) is 28.5 Å². The van der Waals surface area contributed by atoms with Crippen LogP contribution in [0.1, 0.15) is 29.3 Å². The number of carbonyl (C=O) groups excluding carboxylic acids is 2. The third-order valence-corrected chi connectivity index (χ3v) is 2.11. The van der Waals surface area contributed by atoms with Gasteiger partial charge in [0, 0.05) is 6.42 Å². The molecule has 7 nitrogen and oxygen atoms in total. The molecule has 0 fully saturated rings. The number of rotatable bonds is 3. The van der Waals surface area contributed by atoms with Gasteiger partial charge >= 0.3 is 5.82 Å². The molecule has 7 heteroatoms. The summed E-state index contributed by atoms with van der Waals surface area (Å²) in [5, 5.41) is 12.8. The maximum atomic E-state index is 11.7. The molecule has 0 aliphatic heterocycles. The van der Waals surface area contributed by atoms with E-state index < -0.39 is 22.6 Å². The number of amides is 2. The van der Waals surface area contributed by atoms with Gasteiger partial charge in [-0.25, -0.2) is 0 Å². The smallest absolute Gasteiger partial charge is 0.358 e. The zero-order chi connectivity index (χ0) is 13.0. The zero-order valence-corrected chi connectivity index (χ0v) is 9.39. The number of hydrogen-bond acceptors (Lipinski definition) is 5. The van der Waals surface area contributed by atoms with E-state index in [0.29, 0.717) is 5.56 Å². The summed E-state index contributed by atoms with van der Waals surface area (Å²) in [6.45, 7) is 3.12. The SMILES string of the molecule is CCC(=O)NC(=O)c1c(C)ccnc1[N+](=O)[O-]. The summed E-state index contributed by atoms with van der Waals surface area (Å²) in [5.74, 6) is -1.84. The Bertz CT molecular complexity index is 484.